The molecule has 1 saturated carbocycles. The summed E-state index contributed by atoms with van der Waals surface area (Å²) in [4.78, 5) is 29.8. The summed E-state index contributed by atoms with van der Waals surface area (Å²) in [5.41, 5.74) is 2.35. The maximum atomic E-state index is 13.4. The number of nitrogens with zero attached hydrogens (tertiary/aromatic N) is 2. The van der Waals surface area contributed by atoms with Crippen LogP contribution >= 0.6 is 0 Å². The predicted octanol–water partition coefficient (Wildman–Crippen LogP) is 3.61. The minimum absolute atomic E-state index is 0.164. The first-order valence-corrected chi connectivity index (χ1v) is 10.9. The predicted molar refractivity (Wildman–Crippen MR) is 112 cm³/mol. The fraction of sp³-hybridized carbons (Fsp3) is 0.440. The molecular weight excluding hydrogens is 360 g/mol. The van der Waals surface area contributed by atoms with Crippen LogP contribution in [-0.4, -0.2) is 47.3 Å². The van der Waals surface area contributed by atoms with Crippen molar-refractivity contribution in [2.24, 2.45) is 5.92 Å². The Morgan fingerprint density at radius 1 is 0.931 bits per heavy atom. The van der Waals surface area contributed by atoms with E-state index in [1.807, 2.05) is 21.9 Å². The zero-order valence-corrected chi connectivity index (χ0v) is 16.8. The highest BCUT2D eigenvalue weighted by Crippen LogP contribution is 2.41. The van der Waals surface area contributed by atoms with Gasteiger partial charge in [-0.15, -0.1) is 0 Å². The van der Waals surface area contributed by atoms with Gasteiger partial charge in [-0.05, 0) is 36.8 Å². The molecule has 0 spiro atoms. The summed E-state index contributed by atoms with van der Waals surface area (Å²) >= 11 is 0. The summed E-state index contributed by atoms with van der Waals surface area (Å²) in [6.45, 7) is 2.09. The molecule has 3 fully saturated rings. The van der Waals surface area contributed by atoms with Gasteiger partial charge in [0, 0.05) is 37.5 Å². The third-order valence-corrected chi connectivity index (χ3v) is 6.95. The van der Waals surface area contributed by atoms with Crippen molar-refractivity contribution in [2.75, 3.05) is 19.6 Å². The number of carbonyl (C=O) groups excluding carboxylic acids is 2. The number of amides is 2. The van der Waals surface area contributed by atoms with E-state index in [0.29, 0.717) is 25.6 Å². The van der Waals surface area contributed by atoms with Crippen LogP contribution in [0.5, 0.6) is 0 Å². The Balaban J connectivity index is 1.43. The van der Waals surface area contributed by atoms with Gasteiger partial charge in [0.15, 0.2) is 0 Å². The minimum Gasteiger partial charge on any atom is -0.341 e. The van der Waals surface area contributed by atoms with Crippen molar-refractivity contribution in [1.29, 1.82) is 0 Å². The number of hydrogen-bond donors (Lipinski definition) is 0. The van der Waals surface area contributed by atoms with E-state index in [9.17, 15) is 9.59 Å². The molecule has 150 valence electrons. The van der Waals surface area contributed by atoms with Crippen molar-refractivity contribution < 1.29 is 9.59 Å². The molecule has 4 nitrogen and oxygen atoms in total. The maximum absolute atomic E-state index is 13.4. The second-order valence-corrected chi connectivity index (χ2v) is 8.86. The molecule has 2 heterocycles. The lowest BCUT2D eigenvalue weighted by Gasteiger charge is -2.44. The van der Waals surface area contributed by atoms with E-state index < -0.39 is 0 Å². The lowest BCUT2D eigenvalue weighted by atomic mass is 9.69. The van der Waals surface area contributed by atoms with Gasteiger partial charge in [-0.25, -0.2) is 0 Å². The molecule has 0 bridgehead atoms. The fourth-order valence-corrected chi connectivity index (χ4v) is 5.29. The van der Waals surface area contributed by atoms with E-state index in [0.717, 1.165) is 32.2 Å². The van der Waals surface area contributed by atoms with E-state index in [4.69, 9.17) is 0 Å². The zero-order valence-electron chi connectivity index (χ0n) is 16.8. The molecule has 1 aliphatic carbocycles. The zero-order chi connectivity index (χ0) is 19.8. The summed E-state index contributed by atoms with van der Waals surface area (Å²) < 4.78 is 0. The fourth-order valence-electron chi connectivity index (χ4n) is 5.29. The van der Waals surface area contributed by atoms with Gasteiger partial charge in [-0.3, -0.25) is 9.59 Å². The van der Waals surface area contributed by atoms with Gasteiger partial charge in [0.25, 0.3) is 0 Å². The molecule has 0 radical (unpaired) electrons. The quantitative estimate of drug-likeness (QED) is 0.803. The maximum Gasteiger partial charge on any atom is 0.228 e. The largest absolute Gasteiger partial charge is 0.341 e. The average Bonchev–Trinajstić information content (AvgIpc) is 3.56. The first kappa shape index (κ1) is 18.4. The number of hydrogen-bond acceptors (Lipinski definition) is 2. The summed E-state index contributed by atoms with van der Waals surface area (Å²) in [6, 6.07) is 21.6. The normalized spacial score (nSPS) is 24.0. The third kappa shape index (κ3) is 3.35. The first-order chi connectivity index (χ1) is 14.2. The van der Waals surface area contributed by atoms with Crippen LogP contribution in [0.15, 0.2) is 60.7 Å². The molecular formula is C25H28N2O2. The Labute approximate surface area is 172 Å². The van der Waals surface area contributed by atoms with E-state index in [2.05, 4.69) is 48.5 Å². The van der Waals surface area contributed by atoms with Crippen LogP contribution in [0.25, 0.3) is 0 Å². The molecule has 2 aliphatic heterocycles. The number of benzene rings is 2. The SMILES string of the molecule is O=C([C@@H]1CC(=O)N(C2CC2)C1)N1CCCC(c2ccccc2)(c2ccccc2)C1. The standard InChI is InChI=1S/C25H28N2O2/c28-23-16-19(17-27(23)22-12-13-22)24(29)26-15-7-14-25(18-26,20-8-3-1-4-9-20)21-10-5-2-6-11-21/h1-6,8-11,19,22H,7,12-18H2/t19-/m1/s1. The highest BCUT2D eigenvalue weighted by atomic mass is 16.2. The van der Waals surface area contributed by atoms with Crippen LogP contribution in [0.4, 0.5) is 0 Å². The van der Waals surface area contributed by atoms with Crippen LogP contribution in [0, 0.1) is 5.92 Å². The molecule has 3 aliphatic rings. The van der Waals surface area contributed by atoms with E-state index in [1.165, 1.54) is 11.1 Å². The topological polar surface area (TPSA) is 40.6 Å². The number of rotatable bonds is 4. The highest BCUT2D eigenvalue weighted by molar-refractivity contribution is 5.89. The van der Waals surface area contributed by atoms with E-state index in [1.54, 1.807) is 0 Å². The number of likely N-dealkylation sites (tertiary alicyclic amines) is 2. The summed E-state index contributed by atoms with van der Waals surface area (Å²) in [5, 5.41) is 0. The summed E-state index contributed by atoms with van der Waals surface area (Å²) in [5.74, 6) is 0.156. The van der Waals surface area contributed by atoms with Gasteiger partial charge < -0.3 is 9.80 Å². The van der Waals surface area contributed by atoms with E-state index >= 15 is 0 Å². The molecule has 0 aromatic heterocycles. The van der Waals surface area contributed by atoms with Gasteiger partial charge in [-0.2, -0.15) is 0 Å². The first-order valence-electron chi connectivity index (χ1n) is 10.9. The van der Waals surface area contributed by atoms with Crippen LogP contribution in [-0.2, 0) is 15.0 Å². The molecule has 1 atom stereocenters. The lowest BCUT2D eigenvalue weighted by Crippen LogP contribution is -2.51. The molecule has 0 unspecified atom stereocenters. The molecule has 2 aromatic carbocycles. The van der Waals surface area contributed by atoms with Crippen LogP contribution < -0.4 is 0 Å². The van der Waals surface area contributed by atoms with Gasteiger partial charge in [0.05, 0.1) is 5.92 Å². The van der Waals surface area contributed by atoms with Gasteiger partial charge in [0.2, 0.25) is 11.8 Å². The lowest BCUT2D eigenvalue weighted by molar-refractivity contribution is -0.137. The van der Waals surface area contributed by atoms with Crippen LogP contribution in [0.1, 0.15) is 43.2 Å². The summed E-state index contributed by atoms with van der Waals surface area (Å²) in [7, 11) is 0. The Hall–Kier alpha value is -2.62. The van der Waals surface area contributed by atoms with Crippen molar-refractivity contribution in [3.8, 4) is 0 Å². The smallest absolute Gasteiger partial charge is 0.228 e. The van der Waals surface area contributed by atoms with Crippen LogP contribution in [0.2, 0.25) is 0 Å². The second-order valence-electron chi connectivity index (χ2n) is 8.86. The molecule has 5 rings (SSSR count). The molecule has 4 heteroatoms. The van der Waals surface area contributed by atoms with Gasteiger partial charge in [0.1, 0.15) is 0 Å². The second kappa shape index (κ2) is 7.33. The molecule has 29 heavy (non-hydrogen) atoms. The van der Waals surface area contributed by atoms with Crippen molar-refractivity contribution in [3.63, 3.8) is 0 Å². The van der Waals surface area contributed by atoms with Crippen molar-refractivity contribution >= 4 is 11.8 Å². The minimum atomic E-state index is -0.185. The van der Waals surface area contributed by atoms with Crippen LogP contribution in [0.3, 0.4) is 0 Å². The van der Waals surface area contributed by atoms with Crippen molar-refractivity contribution in [3.05, 3.63) is 71.8 Å². The number of carbonyl (C=O) groups is 2. The van der Waals surface area contributed by atoms with Crippen molar-refractivity contribution in [2.45, 2.75) is 43.6 Å². The molecule has 0 N–H and O–H groups in total. The van der Waals surface area contributed by atoms with Gasteiger partial charge in [-0.1, -0.05) is 60.7 Å². The van der Waals surface area contributed by atoms with Gasteiger partial charge >= 0.3 is 0 Å². The van der Waals surface area contributed by atoms with E-state index in [-0.39, 0.29) is 23.1 Å². The van der Waals surface area contributed by atoms with Crippen molar-refractivity contribution in [1.82, 2.24) is 9.80 Å². The Kier molecular flexibility index (Phi) is 4.65. The molecule has 2 aromatic rings. The molecule has 2 saturated heterocycles. The highest BCUT2D eigenvalue weighted by Gasteiger charge is 2.45. The Morgan fingerprint density at radius 3 is 2.14 bits per heavy atom. The monoisotopic (exact) mass is 388 g/mol. The Bertz CT molecular complexity index is 852. The average molecular weight is 389 g/mol. The number of piperidine rings is 1. The summed E-state index contributed by atoms with van der Waals surface area (Å²) in [6.07, 6.45) is 4.59. The molecule has 2 amide bonds. The third-order valence-electron chi connectivity index (χ3n) is 6.95. The Morgan fingerprint density at radius 2 is 1.55 bits per heavy atom.